The number of ether oxygens (including phenoxy) is 1. The molecule has 0 spiro atoms. The molecule has 2 rings (SSSR count). The Bertz CT molecular complexity index is 592. The first-order valence-electron chi connectivity index (χ1n) is 5.66. The van der Waals surface area contributed by atoms with Gasteiger partial charge in [0.25, 0.3) is 5.69 Å². The van der Waals surface area contributed by atoms with Gasteiger partial charge in [-0.1, -0.05) is 12.1 Å². The lowest BCUT2D eigenvalue weighted by atomic mass is 10.1. The highest BCUT2D eigenvalue weighted by atomic mass is 16.6. The van der Waals surface area contributed by atoms with Crippen LogP contribution in [-0.4, -0.2) is 15.9 Å². The highest BCUT2D eigenvalue weighted by Gasteiger charge is 2.16. The number of nitrogens with one attached hydrogen (secondary N) is 1. The molecule has 1 atom stereocenters. The molecule has 0 amide bonds. The summed E-state index contributed by atoms with van der Waals surface area (Å²) < 4.78 is 5.22. The lowest BCUT2D eigenvalue weighted by Crippen LogP contribution is -2.09. The van der Waals surface area contributed by atoms with Gasteiger partial charge in [-0.05, 0) is 24.6 Å². The Kier molecular flexibility index (Phi) is 3.61. The van der Waals surface area contributed by atoms with Gasteiger partial charge in [0.1, 0.15) is 11.8 Å². The van der Waals surface area contributed by atoms with E-state index in [1.54, 1.807) is 37.4 Å². The lowest BCUT2D eigenvalue weighted by molar-refractivity contribution is -0.385. The molecule has 0 aliphatic rings. The zero-order chi connectivity index (χ0) is 13.8. The largest absolute Gasteiger partial charge is 0.453 e. The van der Waals surface area contributed by atoms with Crippen LogP contribution in [0.1, 0.15) is 29.1 Å². The van der Waals surface area contributed by atoms with Crippen molar-refractivity contribution in [3.8, 4) is 0 Å². The third kappa shape index (κ3) is 2.98. The van der Waals surface area contributed by atoms with E-state index in [0.29, 0.717) is 11.3 Å². The summed E-state index contributed by atoms with van der Waals surface area (Å²) in [4.78, 5) is 24.7. The predicted molar refractivity (Wildman–Crippen MR) is 67.7 cm³/mol. The molecular formula is C13H12N2O4. The van der Waals surface area contributed by atoms with Crippen molar-refractivity contribution in [3.05, 3.63) is 64.0 Å². The number of aromatic nitrogens is 1. The van der Waals surface area contributed by atoms with Crippen molar-refractivity contribution in [1.82, 2.24) is 4.98 Å². The number of carbonyl (C=O) groups excluding carboxylic acids is 1. The van der Waals surface area contributed by atoms with Crippen LogP contribution in [0, 0.1) is 10.1 Å². The third-order valence-electron chi connectivity index (χ3n) is 2.65. The number of carbonyl (C=O) groups is 1. The number of rotatable bonds is 4. The molecular weight excluding hydrogens is 248 g/mol. The second-order valence-electron chi connectivity index (χ2n) is 3.98. The molecule has 2 aromatic rings. The number of hydrogen-bond acceptors (Lipinski definition) is 4. The van der Waals surface area contributed by atoms with Crippen molar-refractivity contribution in [2.75, 3.05) is 0 Å². The second kappa shape index (κ2) is 5.34. The van der Waals surface area contributed by atoms with Gasteiger partial charge >= 0.3 is 5.97 Å². The molecule has 0 aliphatic carbocycles. The maximum absolute atomic E-state index is 11.7. The summed E-state index contributed by atoms with van der Waals surface area (Å²) in [6, 6.07) is 9.32. The number of non-ortho nitro benzene ring substituents is 1. The van der Waals surface area contributed by atoms with E-state index >= 15 is 0 Å². The fourth-order valence-corrected chi connectivity index (χ4v) is 1.64. The van der Waals surface area contributed by atoms with Crippen LogP contribution in [0.2, 0.25) is 0 Å². The zero-order valence-corrected chi connectivity index (χ0v) is 10.2. The van der Waals surface area contributed by atoms with Crippen LogP contribution in [0.15, 0.2) is 42.6 Å². The molecule has 0 saturated heterocycles. The fraction of sp³-hybridized carbons (Fsp3) is 0.154. The van der Waals surface area contributed by atoms with Crippen molar-refractivity contribution in [2.45, 2.75) is 13.0 Å². The van der Waals surface area contributed by atoms with Gasteiger partial charge in [0.05, 0.1) is 4.92 Å². The molecule has 0 bridgehead atoms. The van der Waals surface area contributed by atoms with E-state index in [9.17, 15) is 14.9 Å². The fourth-order valence-electron chi connectivity index (χ4n) is 1.64. The first-order valence-corrected chi connectivity index (χ1v) is 5.66. The van der Waals surface area contributed by atoms with Crippen molar-refractivity contribution >= 4 is 11.7 Å². The van der Waals surface area contributed by atoms with E-state index in [2.05, 4.69) is 4.98 Å². The van der Waals surface area contributed by atoms with Crippen LogP contribution < -0.4 is 0 Å². The van der Waals surface area contributed by atoms with Crippen LogP contribution in [-0.2, 0) is 4.74 Å². The van der Waals surface area contributed by atoms with Crippen molar-refractivity contribution < 1.29 is 14.5 Å². The number of benzene rings is 1. The van der Waals surface area contributed by atoms with Gasteiger partial charge in [-0.25, -0.2) is 4.79 Å². The van der Waals surface area contributed by atoms with E-state index in [-0.39, 0.29) is 5.69 Å². The average molecular weight is 260 g/mol. The standard InChI is InChI=1S/C13H12N2O4/c1-9(19-13(16)12-6-3-7-14-12)10-4-2-5-11(8-10)15(17)18/h2-9,14H,1H3/t9-/m0/s1. The Morgan fingerprint density at radius 2 is 2.16 bits per heavy atom. The third-order valence-corrected chi connectivity index (χ3v) is 2.65. The second-order valence-corrected chi connectivity index (χ2v) is 3.98. The molecule has 1 aromatic heterocycles. The molecule has 6 nitrogen and oxygen atoms in total. The molecule has 1 heterocycles. The maximum Gasteiger partial charge on any atom is 0.355 e. The first kappa shape index (κ1) is 12.8. The zero-order valence-electron chi connectivity index (χ0n) is 10.2. The van der Waals surface area contributed by atoms with Gasteiger partial charge in [0.2, 0.25) is 0 Å². The topological polar surface area (TPSA) is 85.2 Å². The minimum absolute atomic E-state index is 0.0275. The monoisotopic (exact) mass is 260 g/mol. The van der Waals surface area contributed by atoms with Gasteiger partial charge < -0.3 is 9.72 Å². The molecule has 1 aromatic carbocycles. The van der Waals surface area contributed by atoms with Crippen LogP contribution in [0.4, 0.5) is 5.69 Å². The maximum atomic E-state index is 11.7. The highest BCUT2D eigenvalue weighted by Crippen LogP contribution is 2.22. The van der Waals surface area contributed by atoms with E-state index in [4.69, 9.17) is 4.74 Å². The molecule has 19 heavy (non-hydrogen) atoms. The van der Waals surface area contributed by atoms with Crippen LogP contribution in [0.5, 0.6) is 0 Å². The van der Waals surface area contributed by atoms with Crippen LogP contribution in [0.25, 0.3) is 0 Å². The predicted octanol–water partition coefficient (Wildman–Crippen LogP) is 2.84. The van der Waals surface area contributed by atoms with Gasteiger partial charge in [-0.2, -0.15) is 0 Å². The molecule has 0 saturated carbocycles. The summed E-state index contributed by atoms with van der Waals surface area (Å²) in [5.74, 6) is -0.496. The van der Waals surface area contributed by atoms with Crippen molar-refractivity contribution in [2.24, 2.45) is 0 Å². The summed E-state index contributed by atoms with van der Waals surface area (Å²) in [6.45, 7) is 1.67. The van der Waals surface area contributed by atoms with E-state index in [1.165, 1.54) is 12.1 Å². The smallest absolute Gasteiger partial charge is 0.355 e. The number of hydrogen-bond donors (Lipinski definition) is 1. The number of nitro groups is 1. The number of nitrogens with zero attached hydrogens (tertiary/aromatic N) is 1. The minimum Gasteiger partial charge on any atom is -0.453 e. The van der Waals surface area contributed by atoms with E-state index < -0.39 is 17.0 Å². The Morgan fingerprint density at radius 1 is 1.37 bits per heavy atom. The summed E-state index contributed by atoms with van der Waals surface area (Å²) in [6.07, 6.45) is 1.06. The van der Waals surface area contributed by atoms with Crippen molar-refractivity contribution in [3.63, 3.8) is 0 Å². The number of aromatic amines is 1. The van der Waals surface area contributed by atoms with Crippen LogP contribution in [0.3, 0.4) is 0 Å². The minimum atomic E-state index is -0.560. The summed E-state index contributed by atoms with van der Waals surface area (Å²) in [7, 11) is 0. The molecule has 1 N–H and O–H groups in total. The SMILES string of the molecule is C[C@H](OC(=O)c1ccc[nH]1)c1cccc([N+](=O)[O-])c1. The number of nitro benzene ring substituents is 1. The average Bonchev–Trinajstić information content (AvgIpc) is 2.92. The Balaban J connectivity index is 2.11. The van der Waals surface area contributed by atoms with Gasteiger partial charge in [-0.15, -0.1) is 0 Å². The molecule has 0 aliphatic heterocycles. The Morgan fingerprint density at radius 3 is 2.79 bits per heavy atom. The summed E-state index contributed by atoms with van der Waals surface area (Å²) >= 11 is 0. The van der Waals surface area contributed by atoms with Gasteiger partial charge in [0, 0.05) is 18.3 Å². The van der Waals surface area contributed by atoms with E-state index in [1.807, 2.05) is 0 Å². The quantitative estimate of drug-likeness (QED) is 0.520. The van der Waals surface area contributed by atoms with Crippen LogP contribution >= 0.6 is 0 Å². The Labute approximate surface area is 109 Å². The van der Waals surface area contributed by atoms with E-state index in [0.717, 1.165) is 0 Å². The molecule has 0 unspecified atom stereocenters. The normalized spacial score (nSPS) is 11.8. The van der Waals surface area contributed by atoms with Gasteiger partial charge in [-0.3, -0.25) is 10.1 Å². The molecule has 0 fully saturated rings. The first-order chi connectivity index (χ1) is 9.08. The summed E-state index contributed by atoms with van der Waals surface area (Å²) in [5.41, 5.74) is 0.895. The molecule has 98 valence electrons. The van der Waals surface area contributed by atoms with Crippen molar-refractivity contribution in [1.29, 1.82) is 0 Å². The number of H-pyrrole nitrogens is 1. The molecule has 0 radical (unpaired) electrons. The summed E-state index contributed by atoms with van der Waals surface area (Å²) in [5, 5.41) is 10.7. The van der Waals surface area contributed by atoms with Gasteiger partial charge in [0.15, 0.2) is 0 Å². The number of esters is 1. The highest BCUT2D eigenvalue weighted by molar-refractivity contribution is 5.87. The lowest BCUT2D eigenvalue weighted by Gasteiger charge is -2.12. The Hall–Kier alpha value is -2.63. The molecule has 6 heteroatoms.